The number of hydrogen-bond donors (Lipinski definition) is 2. The molecule has 0 saturated heterocycles. The van der Waals surface area contributed by atoms with Gasteiger partial charge in [-0.15, -0.1) is 0 Å². The minimum Gasteiger partial charge on any atom is -0.388 e. The molecule has 3 rings (SSSR count). The first kappa shape index (κ1) is 8.45. The lowest BCUT2D eigenvalue weighted by atomic mass is 9.92. The number of nitrogens with one attached hydrogen (secondary N) is 1. The van der Waals surface area contributed by atoms with E-state index in [9.17, 15) is 5.11 Å². The Morgan fingerprint density at radius 2 is 1.93 bits per heavy atom. The summed E-state index contributed by atoms with van der Waals surface area (Å²) < 4.78 is 0. The Hall–Kier alpha value is -0.860. The summed E-state index contributed by atoms with van der Waals surface area (Å²) in [6, 6.07) is 8.77. The molecule has 0 aromatic heterocycles. The van der Waals surface area contributed by atoms with Crippen LogP contribution in [0.3, 0.4) is 0 Å². The average Bonchev–Trinajstić information content (AvgIpc) is 2.97. The Labute approximate surface area is 84.0 Å². The van der Waals surface area contributed by atoms with E-state index >= 15 is 0 Å². The number of aliphatic hydroxyl groups is 1. The maximum Gasteiger partial charge on any atom is 0.0805 e. The highest BCUT2D eigenvalue weighted by Crippen LogP contribution is 2.40. The van der Waals surface area contributed by atoms with Crippen molar-refractivity contribution in [3.05, 3.63) is 35.4 Å². The standard InChI is InChI=1S/C12H15NO/c14-12(5-6-12)11-7-9-3-1-2-4-10(9)8-13-11/h1-4,11,13-14H,5-8H2. The van der Waals surface area contributed by atoms with Gasteiger partial charge in [0.25, 0.3) is 0 Å². The van der Waals surface area contributed by atoms with Crippen LogP contribution in [0.2, 0.25) is 0 Å². The minimum absolute atomic E-state index is 0.275. The van der Waals surface area contributed by atoms with Crippen molar-refractivity contribution < 1.29 is 5.11 Å². The molecule has 1 aromatic carbocycles. The van der Waals surface area contributed by atoms with E-state index in [1.165, 1.54) is 11.1 Å². The molecular weight excluding hydrogens is 174 g/mol. The molecule has 2 N–H and O–H groups in total. The van der Waals surface area contributed by atoms with Crippen LogP contribution in [0.4, 0.5) is 0 Å². The van der Waals surface area contributed by atoms with E-state index in [-0.39, 0.29) is 6.04 Å². The molecule has 2 nitrogen and oxygen atoms in total. The predicted molar refractivity (Wildman–Crippen MR) is 55.0 cm³/mol. The second-order valence-electron chi connectivity index (χ2n) is 4.51. The number of hydrogen-bond acceptors (Lipinski definition) is 2. The van der Waals surface area contributed by atoms with Crippen LogP contribution in [0.1, 0.15) is 24.0 Å². The maximum absolute atomic E-state index is 10.0. The zero-order valence-corrected chi connectivity index (χ0v) is 8.16. The van der Waals surface area contributed by atoms with Gasteiger partial charge in [-0.1, -0.05) is 24.3 Å². The highest BCUT2D eigenvalue weighted by molar-refractivity contribution is 5.31. The normalized spacial score (nSPS) is 28.2. The van der Waals surface area contributed by atoms with Gasteiger partial charge in [-0.3, -0.25) is 0 Å². The molecule has 1 fully saturated rings. The molecule has 1 aromatic rings. The summed E-state index contributed by atoms with van der Waals surface area (Å²) in [5, 5.41) is 13.4. The third kappa shape index (κ3) is 1.26. The summed E-state index contributed by atoms with van der Waals surface area (Å²) in [6.07, 6.45) is 2.91. The van der Waals surface area contributed by atoms with Gasteiger partial charge >= 0.3 is 0 Å². The molecule has 0 radical (unpaired) electrons. The van der Waals surface area contributed by atoms with Crippen molar-refractivity contribution in [2.75, 3.05) is 0 Å². The van der Waals surface area contributed by atoms with Crippen LogP contribution in [-0.2, 0) is 13.0 Å². The molecule has 74 valence electrons. The number of benzene rings is 1. The molecule has 1 heterocycles. The van der Waals surface area contributed by atoms with E-state index in [0.29, 0.717) is 0 Å². The quantitative estimate of drug-likeness (QED) is 0.696. The van der Waals surface area contributed by atoms with Crippen LogP contribution in [0.25, 0.3) is 0 Å². The van der Waals surface area contributed by atoms with E-state index in [4.69, 9.17) is 0 Å². The Bertz CT molecular complexity index is 357. The zero-order valence-electron chi connectivity index (χ0n) is 8.16. The molecule has 0 spiro atoms. The summed E-state index contributed by atoms with van der Waals surface area (Å²) >= 11 is 0. The van der Waals surface area contributed by atoms with Gasteiger partial charge in [0.2, 0.25) is 0 Å². The predicted octanol–water partition coefficient (Wildman–Crippen LogP) is 1.23. The third-order valence-electron chi connectivity index (χ3n) is 3.49. The van der Waals surface area contributed by atoms with Gasteiger partial charge in [-0.25, -0.2) is 0 Å². The van der Waals surface area contributed by atoms with Crippen molar-refractivity contribution >= 4 is 0 Å². The molecule has 1 aliphatic carbocycles. The molecule has 0 bridgehead atoms. The van der Waals surface area contributed by atoms with E-state index in [2.05, 4.69) is 29.6 Å². The Kier molecular flexibility index (Phi) is 1.70. The van der Waals surface area contributed by atoms with Crippen LogP contribution in [0.15, 0.2) is 24.3 Å². The third-order valence-corrected chi connectivity index (χ3v) is 3.49. The van der Waals surface area contributed by atoms with Crippen molar-refractivity contribution in [3.63, 3.8) is 0 Å². The summed E-state index contributed by atoms with van der Waals surface area (Å²) in [5.41, 5.74) is 2.39. The van der Waals surface area contributed by atoms with Crippen LogP contribution >= 0.6 is 0 Å². The number of fused-ring (bicyclic) bond motifs is 1. The first-order chi connectivity index (χ1) is 6.78. The van der Waals surface area contributed by atoms with Gasteiger partial charge in [-0.05, 0) is 30.4 Å². The van der Waals surface area contributed by atoms with Crippen LogP contribution in [0.5, 0.6) is 0 Å². The molecule has 0 amide bonds. The van der Waals surface area contributed by atoms with Crippen molar-refractivity contribution in [3.8, 4) is 0 Å². The van der Waals surface area contributed by atoms with E-state index < -0.39 is 5.60 Å². The largest absolute Gasteiger partial charge is 0.388 e. The Balaban J connectivity index is 1.86. The second kappa shape index (κ2) is 2.81. The lowest BCUT2D eigenvalue weighted by Gasteiger charge is -2.29. The SMILES string of the molecule is OC1(C2Cc3ccccc3CN2)CC1. The Morgan fingerprint density at radius 3 is 2.64 bits per heavy atom. The fourth-order valence-corrected chi connectivity index (χ4v) is 2.31. The topological polar surface area (TPSA) is 32.3 Å². The minimum atomic E-state index is -0.395. The first-order valence-electron chi connectivity index (χ1n) is 5.30. The maximum atomic E-state index is 10.0. The lowest BCUT2D eigenvalue weighted by molar-refractivity contribution is 0.0981. The Morgan fingerprint density at radius 1 is 1.21 bits per heavy atom. The first-order valence-corrected chi connectivity index (χ1v) is 5.30. The molecular formula is C12H15NO. The molecule has 2 heteroatoms. The summed E-state index contributed by atoms with van der Waals surface area (Å²) in [5.74, 6) is 0. The van der Waals surface area contributed by atoms with Crippen LogP contribution in [-0.4, -0.2) is 16.7 Å². The lowest BCUT2D eigenvalue weighted by Crippen LogP contribution is -2.45. The van der Waals surface area contributed by atoms with Crippen molar-refractivity contribution in [2.24, 2.45) is 0 Å². The highest BCUT2D eigenvalue weighted by atomic mass is 16.3. The molecule has 1 atom stereocenters. The fourth-order valence-electron chi connectivity index (χ4n) is 2.31. The molecule has 14 heavy (non-hydrogen) atoms. The van der Waals surface area contributed by atoms with Gasteiger partial charge in [0.15, 0.2) is 0 Å². The van der Waals surface area contributed by atoms with Crippen LogP contribution < -0.4 is 5.32 Å². The van der Waals surface area contributed by atoms with Gasteiger partial charge in [0.1, 0.15) is 0 Å². The van der Waals surface area contributed by atoms with Gasteiger partial charge < -0.3 is 10.4 Å². The molecule has 1 aliphatic heterocycles. The fraction of sp³-hybridized carbons (Fsp3) is 0.500. The molecule has 1 unspecified atom stereocenters. The summed E-state index contributed by atoms with van der Waals surface area (Å²) in [7, 11) is 0. The van der Waals surface area contributed by atoms with Crippen molar-refractivity contribution in [1.82, 2.24) is 5.32 Å². The van der Waals surface area contributed by atoms with Gasteiger partial charge in [-0.2, -0.15) is 0 Å². The summed E-state index contributed by atoms with van der Waals surface area (Å²) in [6.45, 7) is 0.906. The van der Waals surface area contributed by atoms with Gasteiger partial charge in [0, 0.05) is 12.6 Å². The second-order valence-corrected chi connectivity index (χ2v) is 4.51. The highest BCUT2D eigenvalue weighted by Gasteiger charge is 2.48. The summed E-state index contributed by atoms with van der Waals surface area (Å²) in [4.78, 5) is 0. The molecule has 2 aliphatic rings. The van der Waals surface area contributed by atoms with Crippen molar-refractivity contribution in [1.29, 1.82) is 0 Å². The van der Waals surface area contributed by atoms with E-state index in [1.807, 2.05) is 0 Å². The smallest absolute Gasteiger partial charge is 0.0805 e. The average molecular weight is 189 g/mol. The van der Waals surface area contributed by atoms with Crippen molar-refractivity contribution in [2.45, 2.75) is 37.5 Å². The van der Waals surface area contributed by atoms with Crippen LogP contribution in [0, 0.1) is 0 Å². The van der Waals surface area contributed by atoms with E-state index in [0.717, 1.165) is 25.8 Å². The van der Waals surface area contributed by atoms with Gasteiger partial charge in [0.05, 0.1) is 5.60 Å². The zero-order chi connectivity index (χ0) is 9.60. The van der Waals surface area contributed by atoms with E-state index in [1.54, 1.807) is 0 Å². The monoisotopic (exact) mass is 189 g/mol. The molecule has 1 saturated carbocycles. The number of rotatable bonds is 1.